The van der Waals surface area contributed by atoms with Crippen molar-refractivity contribution in [2.75, 3.05) is 43.3 Å². The average Bonchev–Trinajstić information content (AvgIpc) is 2.79. The van der Waals surface area contributed by atoms with Crippen LogP contribution in [-0.2, 0) is 0 Å². The van der Waals surface area contributed by atoms with E-state index in [1.807, 2.05) is 30.3 Å². The van der Waals surface area contributed by atoms with Gasteiger partial charge in [-0.2, -0.15) is 0 Å². The second kappa shape index (κ2) is 13.4. The van der Waals surface area contributed by atoms with Crippen LogP contribution in [0.3, 0.4) is 0 Å². The van der Waals surface area contributed by atoms with Gasteiger partial charge in [0.05, 0.1) is 23.3 Å². The van der Waals surface area contributed by atoms with E-state index in [2.05, 4.69) is 24.1 Å². The molecular weight excluding hydrogens is 479 g/mol. The molecular formula is C25H33Cl3N4O. The Bertz CT molecular complexity index is 1030. The zero-order valence-electron chi connectivity index (χ0n) is 19.4. The minimum absolute atomic E-state index is 0.245. The Morgan fingerprint density at radius 3 is 2.52 bits per heavy atom. The van der Waals surface area contributed by atoms with Crippen molar-refractivity contribution in [3.8, 4) is 5.88 Å². The summed E-state index contributed by atoms with van der Waals surface area (Å²) in [6.45, 7) is 7.70. The molecule has 0 radical (unpaired) electrons. The molecule has 3 aromatic rings. The number of nitrogens with one attached hydrogen (secondary N) is 1. The van der Waals surface area contributed by atoms with E-state index in [9.17, 15) is 0 Å². The average molecular weight is 512 g/mol. The van der Waals surface area contributed by atoms with Gasteiger partial charge in [0.2, 0.25) is 5.88 Å². The Labute approximate surface area is 211 Å². The van der Waals surface area contributed by atoms with Gasteiger partial charge in [-0.1, -0.05) is 24.9 Å². The SMILES string of the molecule is CCCCOc1ccc2nc3cc(Cl)ccc3c(NC(C)CCCN(CCCl)CCCl)c2n1. The second-order valence-electron chi connectivity index (χ2n) is 8.27. The van der Waals surface area contributed by atoms with Crippen molar-refractivity contribution >= 4 is 62.4 Å². The number of aromatic nitrogens is 2. The molecule has 5 nitrogen and oxygen atoms in total. The van der Waals surface area contributed by atoms with Gasteiger partial charge in [-0.25, -0.2) is 9.97 Å². The molecule has 0 saturated heterocycles. The standard InChI is InChI=1S/C25H33Cl3N4O/c1-3-4-16-33-23-10-9-21-25(31-23)24(20-8-7-19(28)17-22(20)30-21)29-18(2)6-5-13-32(14-11-26)15-12-27/h7-10,17-18H,3-6,11-16H2,1-2H3,(H,29,30). The van der Waals surface area contributed by atoms with Crippen molar-refractivity contribution in [3.63, 3.8) is 0 Å². The Kier molecular flexibility index (Phi) is 10.6. The highest BCUT2D eigenvalue weighted by Gasteiger charge is 2.15. The number of fused-ring (bicyclic) bond motifs is 2. The molecule has 1 unspecified atom stereocenters. The second-order valence-corrected chi connectivity index (χ2v) is 9.47. The quantitative estimate of drug-likeness (QED) is 0.144. The summed E-state index contributed by atoms with van der Waals surface area (Å²) >= 11 is 18.1. The molecule has 180 valence electrons. The molecule has 8 heteroatoms. The molecule has 0 amide bonds. The summed E-state index contributed by atoms with van der Waals surface area (Å²) < 4.78 is 5.87. The van der Waals surface area contributed by atoms with Crippen LogP contribution in [0.5, 0.6) is 5.88 Å². The van der Waals surface area contributed by atoms with Gasteiger partial charge in [-0.3, -0.25) is 0 Å². The fourth-order valence-corrected chi connectivity index (χ4v) is 4.48. The van der Waals surface area contributed by atoms with E-state index in [1.54, 1.807) is 0 Å². The van der Waals surface area contributed by atoms with Crippen LogP contribution in [-0.4, -0.2) is 58.9 Å². The molecule has 0 bridgehead atoms. The first-order chi connectivity index (χ1) is 16.0. The highest BCUT2D eigenvalue weighted by Crippen LogP contribution is 2.33. The zero-order valence-corrected chi connectivity index (χ0v) is 21.7. The lowest BCUT2D eigenvalue weighted by molar-refractivity contribution is 0.298. The molecule has 0 aliphatic carbocycles. The molecule has 33 heavy (non-hydrogen) atoms. The van der Waals surface area contributed by atoms with Crippen LogP contribution in [0.2, 0.25) is 5.02 Å². The van der Waals surface area contributed by atoms with Crippen LogP contribution in [0.25, 0.3) is 21.9 Å². The molecule has 1 N–H and O–H groups in total. The number of hydrogen-bond acceptors (Lipinski definition) is 5. The smallest absolute Gasteiger partial charge is 0.213 e. The number of benzene rings is 1. The number of nitrogens with zero attached hydrogens (tertiary/aromatic N) is 3. The number of ether oxygens (including phenoxy) is 1. The Balaban J connectivity index is 1.83. The van der Waals surface area contributed by atoms with Crippen LogP contribution in [0, 0.1) is 0 Å². The van der Waals surface area contributed by atoms with Crippen LogP contribution >= 0.6 is 34.8 Å². The lowest BCUT2D eigenvalue weighted by atomic mass is 10.1. The molecule has 0 aliphatic heterocycles. The van der Waals surface area contributed by atoms with E-state index >= 15 is 0 Å². The van der Waals surface area contributed by atoms with Gasteiger partial charge in [0.15, 0.2) is 0 Å². The number of anilines is 1. The maximum Gasteiger partial charge on any atom is 0.213 e. The maximum atomic E-state index is 6.25. The van der Waals surface area contributed by atoms with Gasteiger partial charge in [0, 0.05) is 47.4 Å². The third-order valence-electron chi connectivity index (χ3n) is 5.61. The van der Waals surface area contributed by atoms with Crippen molar-refractivity contribution in [1.82, 2.24) is 14.9 Å². The van der Waals surface area contributed by atoms with E-state index in [0.717, 1.165) is 72.9 Å². The number of rotatable bonds is 14. The van der Waals surface area contributed by atoms with Crippen molar-refractivity contribution in [3.05, 3.63) is 35.4 Å². The van der Waals surface area contributed by atoms with Gasteiger partial charge in [0.1, 0.15) is 5.52 Å². The predicted molar refractivity (Wildman–Crippen MR) is 143 cm³/mol. The van der Waals surface area contributed by atoms with E-state index < -0.39 is 0 Å². The molecule has 3 rings (SSSR count). The predicted octanol–water partition coefficient (Wildman–Crippen LogP) is 6.98. The van der Waals surface area contributed by atoms with Crippen molar-refractivity contribution in [2.24, 2.45) is 0 Å². The topological polar surface area (TPSA) is 50.3 Å². The van der Waals surface area contributed by atoms with E-state index in [4.69, 9.17) is 49.5 Å². The van der Waals surface area contributed by atoms with Gasteiger partial charge in [-0.05, 0) is 57.0 Å². The van der Waals surface area contributed by atoms with Crippen LogP contribution in [0.4, 0.5) is 5.69 Å². The van der Waals surface area contributed by atoms with Crippen molar-refractivity contribution in [2.45, 2.75) is 45.6 Å². The molecule has 0 spiro atoms. The summed E-state index contributed by atoms with van der Waals surface area (Å²) in [7, 11) is 0. The number of unbranched alkanes of at least 4 members (excludes halogenated alkanes) is 1. The van der Waals surface area contributed by atoms with Gasteiger partial charge < -0.3 is 15.0 Å². The summed E-state index contributed by atoms with van der Waals surface area (Å²) in [6.07, 6.45) is 4.14. The van der Waals surface area contributed by atoms with Gasteiger partial charge in [0.25, 0.3) is 0 Å². The first-order valence-corrected chi connectivity index (χ1v) is 13.1. The lowest BCUT2D eigenvalue weighted by Crippen LogP contribution is -2.30. The van der Waals surface area contributed by atoms with Crippen LogP contribution in [0.1, 0.15) is 39.5 Å². The number of pyridine rings is 2. The molecule has 0 aliphatic rings. The van der Waals surface area contributed by atoms with Crippen LogP contribution < -0.4 is 10.1 Å². The van der Waals surface area contributed by atoms with Gasteiger partial charge >= 0.3 is 0 Å². The third kappa shape index (κ3) is 7.48. The molecule has 1 atom stereocenters. The zero-order chi connectivity index (χ0) is 23.6. The van der Waals surface area contributed by atoms with E-state index in [0.29, 0.717) is 29.3 Å². The first-order valence-electron chi connectivity index (χ1n) is 11.7. The first kappa shape index (κ1) is 26.1. The number of hydrogen-bond donors (Lipinski definition) is 1. The van der Waals surface area contributed by atoms with Gasteiger partial charge in [-0.15, -0.1) is 23.2 Å². The minimum Gasteiger partial charge on any atom is -0.478 e. The fourth-order valence-electron chi connectivity index (χ4n) is 3.84. The summed E-state index contributed by atoms with van der Waals surface area (Å²) in [5.41, 5.74) is 3.45. The summed E-state index contributed by atoms with van der Waals surface area (Å²) in [5.74, 6) is 1.87. The third-order valence-corrected chi connectivity index (χ3v) is 6.18. The van der Waals surface area contributed by atoms with Crippen molar-refractivity contribution in [1.29, 1.82) is 0 Å². The van der Waals surface area contributed by atoms with Crippen LogP contribution in [0.15, 0.2) is 30.3 Å². The number of alkyl halides is 2. The lowest BCUT2D eigenvalue weighted by Gasteiger charge is -2.22. The number of halogens is 3. The summed E-state index contributed by atoms with van der Waals surface area (Å²) in [5, 5.41) is 5.38. The molecule has 2 heterocycles. The fraction of sp³-hybridized carbons (Fsp3) is 0.520. The monoisotopic (exact) mass is 510 g/mol. The Hall–Kier alpha value is -1.53. The Morgan fingerprint density at radius 2 is 1.79 bits per heavy atom. The van der Waals surface area contributed by atoms with E-state index in [-0.39, 0.29) is 6.04 Å². The molecule has 1 aromatic carbocycles. The van der Waals surface area contributed by atoms with E-state index in [1.165, 1.54) is 0 Å². The molecule has 0 fully saturated rings. The summed E-state index contributed by atoms with van der Waals surface area (Å²) in [6, 6.07) is 9.90. The molecule has 0 saturated carbocycles. The minimum atomic E-state index is 0.245. The highest BCUT2D eigenvalue weighted by molar-refractivity contribution is 6.31. The Morgan fingerprint density at radius 1 is 1.00 bits per heavy atom. The summed E-state index contributed by atoms with van der Waals surface area (Å²) in [4.78, 5) is 11.9. The normalized spacial score (nSPS) is 12.5. The maximum absolute atomic E-state index is 6.25. The van der Waals surface area contributed by atoms with Crippen molar-refractivity contribution < 1.29 is 4.74 Å². The molecule has 2 aromatic heterocycles. The highest BCUT2D eigenvalue weighted by atomic mass is 35.5. The largest absolute Gasteiger partial charge is 0.478 e.